The summed E-state index contributed by atoms with van der Waals surface area (Å²) in [5.41, 5.74) is 7.82. The first-order chi connectivity index (χ1) is 11.4. The summed E-state index contributed by atoms with van der Waals surface area (Å²) >= 11 is 5.89. The summed E-state index contributed by atoms with van der Waals surface area (Å²) in [5, 5.41) is 4.65. The molecular weight excluding hydrogens is 324 g/mol. The third-order valence-corrected chi connectivity index (χ3v) is 3.85. The van der Waals surface area contributed by atoms with Gasteiger partial charge >= 0.3 is 0 Å². The van der Waals surface area contributed by atoms with Crippen LogP contribution in [0.1, 0.15) is 27.8 Å². The van der Waals surface area contributed by atoms with E-state index in [9.17, 15) is 4.79 Å². The highest BCUT2D eigenvalue weighted by molar-refractivity contribution is 6.30. The summed E-state index contributed by atoms with van der Waals surface area (Å²) in [6.45, 7) is 7.87. The quantitative estimate of drug-likeness (QED) is 0.655. The summed E-state index contributed by atoms with van der Waals surface area (Å²) in [5.74, 6) is 0.312. The molecule has 4 nitrogen and oxygen atoms in total. The van der Waals surface area contributed by atoms with Gasteiger partial charge in [-0.05, 0) is 62.6 Å². The minimum atomic E-state index is -0.317. The number of rotatable bonds is 5. The van der Waals surface area contributed by atoms with Crippen molar-refractivity contribution in [2.45, 2.75) is 27.7 Å². The predicted molar refractivity (Wildman–Crippen MR) is 98.1 cm³/mol. The highest BCUT2D eigenvalue weighted by Gasteiger charge is 2.05. The zero-order valence-corrected chi connectivity index (χ0v) is 15.1. The van der Waals surface area contributed by atoms with E-state index in [1.54, 1.807) is 24.4 Å². The Bertz CT molecular complexity index is 762. The lowest BCUT2D eigenvalue weighted by molar-refractivity contribution is -0.123. The standard InChI is InChI=1S/C19H21ClN2O2/c1-12-7-13(2)17(14(3)8-12)10-21-22-19(23)11-24-18-6-5-16(20)9-15(18)4/h5-10H,11H2,1-4H3,(H,22,23)/b21-10-. The lowest BCUT2D eigenvalue weighted by atomic mass is 10.0. The average molecular weight is 345 g/mol. The molecule has 0 aliphatic carbocycles. The SMILES string of the molecule is Cc1cc(C)c(/C=N\NC(=O)COc2ccc(Cl)cc2C)c(C)c1. The number of carbonyl (C=O) groups is 1. The number of nitrogens with zero attached hydrogens (tertiary/aromatic N) is 1. The van der Waals surface area contributed by atoms with Gasteiger partial charge in [0.2, 0.25) is 0 Å². The Morgan fingerprint density at radius 2 is 1.79 bits per heavy atom. The molecule has 0 fully saturated rings. The number of hydrazone groups is 1. The molecule has 0 atom stereocenters. The molecule has 126 valence electrons. The molecule has 24 heavy (non-hydrogen) atoms. The van der Waals surface area contributed by atoms with Crippen LogP contribution >= 0.6 is 11.6 Å². The fourth-order valence-electron chi connectivity index (χ4n) is 2.51. The van der Waals surface area contributed by atoms with Gasteiger partial charge < -0.3 is 4.74 Å². The molecule has 0 bridgehead atoms. The molecule has 0 spiro atoms. The van der Waals surface area contributed by atoms with Gasteiger partial charge in [-0.15, -0.1) is 0 Å². The number of amides is 1. The van der Waals surface area contributed by atoms with Crippen molar-refractivity contribution < 1.29 is 9.53 Å². The van der Waals surface area contributed by atoms with E-state index < -0.39 is 0 Å². The molecule has 2 aromatic carbocycles. The van der Waals surface area contributed by atoms with Crippen LogP contribution in [0.4, 0.5) is 0 Å². The van der Waals surface area contributed by atoms with Gasteiger partial charge in [0.05, 0.1) is 6.21 Å². The van der Waals surface area contributed by atoms with Crippen molar-refractivity contribution in [1.82, 2.24) is 5.43 Å². The summed E-state index contributed by atoms with van der Waals surface area (Å²) < 4.78 is 5.47. The summed E-state index contributed by atoms with van der Waals surface area (Å²) in [7, 11) is 0. The van der Waals surface area contributed by atoms with E-state index in [1.165, 1.54) is 5.56 Å². The van der Waals surface area contributed by atoms with Gasteiger partial charge in [0.25, 0.3) is 5.91 Å². The molecule has 1 N–H and O–H groups in total. The second-order valence-electron chi connectivity index (χ2n) is 5.80. The Morgan fingerprint density at radius 3 is 2.42 bits per heavy atom. The van der Waals surface area contributed by atoms with E-state index in [4.69, 9.17) is 16.3 Å². The summed E-state index contributed by atoms with van der Waals surface area (Å²) in [6.07, 6.45) is 1.66. The third-order valence-electron chi connectivity index (χ3n) is 3.62. The van der Waals surface area contributed by atoms with E-state index >= 15 is 0 Å². The molecule has 0 radical (unpaired) electrons. The zero-order valence-electron chi connectivity index (χ0n) is 14.3. The van der Waals surface area contributed by atoms with E-state index in [0.717, 1.165) is 22.3 Å². The van der Waals surface area contributed by atoms with Crippen LogP contribution in [-0.2, 0) is 4.79 Å². The van der Waals surface area contributed by atoms with Crippen molar-refractivity contribution in [1.29, 1.82) is 0 Å². The molecule has 5 heteroatoms. The van der Waals surface area contributed by atoms with Crippen molar-refractivity contribution in [3.05, 3.63) is 63.2 Å². The maximum absolute atomic E-state index is 11.8. The largest absolute Gasteiger partial charge is 0.483 e. The Kier molecular flexibility index (Phi) is 5.99. The van der Waals surface area contributed by atoms with Gasteiger partial charge in [0.1, 0.15) is 5.75 Å². The first kappa shape index (κ1) is 18.0. The van der Waals surface area contributed by atoms with Crippen LogP contribution in [0, 0.1) is 27.7 Å². The van der Waals surface area contributed by atoms with Gasteiger partial charge in [-0.1, -0.05) is 29.3 Å². The predicted octanol–water partition coefficient (Wildman–Crippen LogP) is 4.10. The molecule has 0 aliphatic heterocycles. The lowest BCUT2D eigenvalue weighted by Gasteiger charge is -2.09. The van der Waals surface area contributed by atoms with Crippen molar-refractivity contribution in [2.24, 2.45) is 5.10 Å². The second kappa shape index (κ2) is 7.97. The Balaban J connectivity index is 1.91. The molecule has 0 aliphatic rings. The van der Waals surface area contributed by atoms with Gasteiger partial charge in [-0.3, -0.25) is 4.79 Å². The molecule has 0 aromatic heterocycles. The minimum Gasteiger partial charge on any atom is -0.483 e. The highest BCUT2D eigenvalue weighted by Crippen LogP contribution is 2.21. The molecule has 0 saturated carbocycles. The van der Waals surface area contributed by atoms with Crippen LogP contribution in [-0.4, -0.2) is 18.7 Å². The number of hydrogen-bond acceptors (Lipinski definition) is 3. The normalized spacial score (nSPS) is 10.9. The fourth-order valence-corrected chi connectivity index (χ4v) is 2.74. The molecule has 2 aromatic rings. The topological polar surface area (TPSA) is 50.7 Å². The van der Waals surface area contributed by atoms with Gasteiger partial charge in [0, 0.05) is 10.6 Å². The number of hydrogen-bond donors (Lipinski definition) is 1. The number of benzene rings is 2. The van der Waals surface area contributed by atoms with E-state index in [1.807, 2.05) is 20.8 Å². The highest BCUT2D eigenvalue weighted by atomic mass is 35.5. The van der Waals surface area contributed by atoms with Crippen LogP contribution in [0.25, 0.3) is 0 Å². The Hall–Kier alpha value is -2.33. The smallest absolute Gasteiger partial charge is 0.277 e. The number of carbonyl (C=O) groups excluding carboxylic acids is 1. The van der Waals surface area contributed by atoms with Crippen molar-refractivity contribution >= 4 is 23.7 Å². The molecular formula is C19H21ClN2O2. The average Bonchev–Trinajstić information content (AvgIpc) is 2.49. The zero-order chi connectivity index (χ0) is 17.7. The summed E-state index contributed by atoms with van der Waals surface area (Å²) in [4.78, 5) is 11.8. The van der Waals surface area contributed by atoms with Gasteiger partial charge in [0.15, 0.2) is 6.61 Å². The Morgan fingerprint density at radius 1 is 1.12 bits per heavy atom. The van der Waals surface area contributed by atoms with E-state index in [-0.39, 0.29) is 12.5 Å². The van der Waals surface area contributed by atoms with Crippen LogP contribution < -0.4 is 10.2 Å². The maximum atomic E-state index is 11.8. The van der Waals surface area contributed by atoms with Crippen LogP contribution in [0.5, 0.6) is 5.75 Å². The van der Waals surface area contributed by atoms with Crippen molar-refractivity contribution in [3.63, 3.8) is 0 Å². The van der Waals surface area contributed by atoms with Crippen LogP contribution in [0.15, 0.2) is 35.4 Å². The van der Waals surface area contributed by atoms with E-state index in [0.29, 0.717) is 10.8 Å². The van der Waals surface area contributed by atoms with E-state index in [2.05, 4.69) is 29.6 Å². The fraction of sp³-hybridized carbons (Fsp3) is 0.263. The van der Waals surface area contributed by atoms with Crippen molar-refractivity contribution in [3.8, 4) is 5.75 Å². The molecule has 2 rings (SSSR count). The monoisotopic (exact) mass is 344 g/mol. The second-order valence-corrected chi connectivity index (χ2v) is 6.24. The van der Waals surface area contributed by atoms with Crippen molar-refractivity contribution in [2.75, 3.05) is 6.61 Å². The number of aryl methyl sites for hydroxylation is 4. The summed E-state index contributed by atoms with van der Waals surface area (Å²) in [6, 6.07) is 9.43. The van der Waals surface area contributed by atoms with Gasteiger partial charge in [-0.25, -0.2) is 5.43 Å². The molecule has 0 unspecified atom stereocenters. The lowest BCUT2D eigenvalue weighted by Crippen LogP contribution is -2.24. The third kappa shape index (κ3) is 4.83. The van der Waals surface area contributed by atoms with Crippen LogP contribution in [0.2, 0.25) is 5.02 Å². The maximum Gasteiger partial charge on any atom is 0.277 e. The first-order valence-electron chi connectivity index (χ1n) is 7.65. The minimum absolute atomic E-state index is 0.105. The van der Waals surface area contributed by atoms with Crippen LogP contribution in [0.3, 0.4) is 0 Å². The first-order valence-corrected chi connectivity index (χ1v) is 8.03. The molecule has 0 heterocycles. The molecule has 0 saturated heterocycles. The number of nitrogens with one attached hydrogen (secondary N) is 1. The number of ether oxygens (including phenoxy) is 1. The number of halogens is 1. The van der Waals surface area contributed by atoms with Gasteiger partial charge in [-0.2, -0.15) is 5.10 Å². The Labute approximate surface area is 147 Å². The molecule has 1 amide bonds.